The number of likely N-dealkylation sites (tertiary alicyclic amines) is 1. The van der Waals surface area contributed by atoms with Crippen molar-refractivity contribution in [2.45, 2.75) is 32.7 Å². The molecule has 17 heavy (non-hydrogen) atoms. The van der Waals surface area contributed by atoms with Crippen LogP contribution in [0.5, 0.6) is 0 Å². The van der Waals surface area contributed by atoms with Gasteiger partial charge in [0.1, 0.15) is 0 Å². The Hall–Kier alpha value is -1.10. The number of carbonyl (C=O) groups is 2. The zero-order valence-electron chi connectivity index (χ0n) is 10.9. The van der Waals surface area contributed by atoms with E-state index in [2.05, 4.69) is 4.74 Å². The van der Waals surface area contributed by atoms with Gasteiger partial charge in [-0.05, 0) is 26.3 Å². The lowest BCUT2D eigenvalue weighted by Crippen LogP contribution is -2.48. The summed E-state index contributed by atoms with van der Waals surface area (Å²) in [4.78, 5) is 27.1. The van der Waals surface area contributed by atoms with Crippen LogP contribution in [0.3, 0.4) is 0 Å². The van der Waals surface area contributed by atoms with Gasteiger partial charge in [0.25, 0.3) is 0 Å². The van der Waals surface area contributed by atoms with Crippen molar-refractivity contribution in [2.24, 2.45) is 0 Å². The Kier molecular flexibility index (Phi) is 5.41. The van der Waals surface area contributed by atoms with E-state index in [0.29, 0.717) is 6.54 Å². The van der Waals surface area contributed by atoms with Gasteiger partial charge in [-0.15, -0.1) is 0 Å². The van der Waals surface area contributed by atoms with E-state index in [1.807, 2.05) is 23.6 Å². The van der Waals surface area contributed by atoms with Crippen LogP contribution in [0, 0.1) is 0 Å². The highest BCUT2D eigenvalue weighted by Crippen LogP contribution is 2.12. The highest BCUT2D eigenvalue weighted by molar-refractivity contribution is 5.82. The number of esters is 1. The maximum Gasteiger partial charge on any atom is 0.319 e. The van der Waals surface area contributed by atoms with Gasteiger partial charge in [0.2, 0.25) is 5.91 Å². The van der Waals surface area contributed by atoms with Gasteiger partial charge in [0.15, 0.2) is 0 Å². The van der Waals surface area contributed by atoms with Crippen LogP contribution in [-0.4, -0.2) is 61.0 Å². The summed E-state index contributed by atoms with van der Waals surface area (Å²) in [5.74, 6) is -0.179. The van der Waals surface area contributed by atoms with Gasteiger partial charge in [0.05, 0.1) is 19.7 Å². The van der Waals surface area contributed by atoms with Crippen molar-refractivity contribution in [1.29, 1.82) is 0 Å². The molecule has 0 N–H and O–H groups in total. The molecule has 1 unspecified atom stereocenters. The van der Waals surface area contributed by atoms with Gasteiger partial charge in [-0.3, -0.25) is 14.5 Å². The van der Waals surface area contributed by atoms with Crippen LogP contribution in [0.15, 0.2) is 0 Å². The molecule has 1 rings (SSSR count). The summed E-state index contributed by atoms with van der Waals surface area (Å²) >= 11 is 0. The fraction of sp³-hybridized carbons (Fsp3) is 0.833. The van der Waals surface area contributed by atoms with Crippen LogP contribution in [0.25, 0.3) is 0 Å². The van der Waals surface area contributed by atoms with Crippen LogP contribution in [0.1, 0.15) is 26.7 Å². The molecule has 5 nitrogen and oxygen atoms in total. The van der Waals surface area contributed by atoms with Crippen LogP contribution >= 0.6 is 0 Å². The van der Waals surface area contributed by atoms with Crippen LogP contribution in [0.4, 0.5) is 0 Å². The minimum Gasteiger partial charge on any atom is -0.468 e. The number of carbonyl (C=O) groups excluding carboxylic acids is 2. The molecule has 0 spiro atoms. The number of ether oxygens (including phenoxy) is 1. The molecule has 0 radical (unpaired) electrons. The lowest BCUT2D eigenvalue weighted by Gasteiger charge is -2.29. The summed E-state index contributed by atoms with van der Waals surface area (Å²) < 4.78 is 4.63. The van der Waals surface area contributed by atoms with Gasteiger partial charge in [-0.2, -0.15) is 0 Å². The molecule has 1 aliphatic heterocycles. The Balaban J connectivity index is 2.54. The lowest BCUT2D eigenvalue weighted by molar-refractivity contribution is -0.144. The Morgan fingerprint density at radius 1 is 1.35 bits per heavy atom. The molecule has 0 saturated carbocycles. The van der Waals surface area contributed by atoms with Crippen molar-refractivity contribution in [3.8, 4) is 0 Å². The van der Waals surface area contributed by atoms with E-state index < -0.39 is 0 Å². The molecular formula is C12H22N2O3. The third-order valence-electron chi connectivity index (χ3n) is 3.29. The van der Waals surface area contributed by atoms with Crippen molar-refractivity contribution in [2.75, 3.05) is 33.3 Å². The summed E-state index contributed by atoms with van der Waals surface area (Å²) in [6.07, 6.45) is 2.17. The van der Waals surface area contributed by atoms with Crippen molar-refractivity contribution in [3.05, 3.63) is 0 Å². The van der Waals surface area contributed by atoms with E-state index in [1.54, 1.807) is 0 Å². The monoisotopic (exact) mass is 242 g/mol. The number of amides is 1. The average molecular weight is 242 g/mol. The number of methoxy groups -OCH3 is 1. The third kappa shape index (κ3) is 3.70. The van der Waals surface area contributed by atoms with Gasteiger partial charge >= 0.3 is 5.97 Å². The second kappa shape index (κ2) is 6.59. The quantitative estimate of drug-likeness (QED) is 0.658. The summed E-state index contributed by atoms with van der Waals surface area (Å²) in [6, 6.07) is -0.253. The first-order valence-corrected chi connectivity index (χ1v) is 6.19. The lowest BCUT2D eigenvalue weighted by atomic mass is 10.2. The summed E-state index contributed by atoms with van der Waals surface area (Å²) in [5.41, 5.74) is 0. The topological polar surface area (TPSA) is 49.9 Å². The van der Waals surface area contributed by atoms with Gasteiger partial charge in [0, 0.05) is 13.1 Å². The molecule has 0 aromatic heterocycles. The van der Waals surface area contributed by atoms with E-state index in [0.717, 1.165) is 25.9 Å². The molecule has 0 aromatic carbocycles. The molecule has 0 aromatic rings. The highest BCUT2D eigenvalue weighted by atomic mass is 16.5. The fourth-order valence-electron chi connectivity index (χ4n) is 2.11. The van der Waals surface area contributed by atoms with Gasteiger partial charge in [-0.25, -0.2) is 0 Å². The van der Waals surface area contributed by atoms with Gasteiger partial charge in [-0.1, -0.05) is 6.92 Å². The van der Waals surface area contributed by atoms with E-state index >= 15 is 0 Å². The molecule has 1 heterocycles. The van der Waals surface area contributed by atoms with Crippen LogP contribution < -0.4 is 0 Å². The number of hydrogen-bond acceptors (Lipinski definition) is 4. The first-order valence-electron chi connectivity index (χ1n) is 6.19. The zero-order chi connectivity index (χ0) is 12.8. The molecular weight excluding hydrogens is 220 g/mol. The summed E-state index contributed by atoms with van der Waals surface area (Å²) in [6.45, 7) is 6.32. The maximum absolute atomic E-state index is 12.1. The average Bonchev–Trinajstić information content (AvgIpc) is 2.87. The van der Waals surface area contributed by atoms with Crippen molar-refractivity contribution in [1.82, 2.24) is 9.80 Å². The van der Waals surface area contributed by atoms with E-state index in [1.165, 1.54) is 7.11 Å². The number of hydrogen-bond donors (Lipinski definition) is 0. The first kappa shape index (κ1) is 14.0. The van der Waals surface area contributed by atoms with E-state index in [9.17, 15) is 9.59 Å². The highest BCUT2D eigenvalue weighted by Gasteiger charge is 2.28. The Morgan fingerprint density at radius 3 is 2.41 bits per heavy atom. The smallest absolute Gasteiger partial charge is 0.319 e. The Morgan fingerprint density at radius 2 is 1.94 bits per heavy atom. The predicted octanol–water partition coefficient (Wildman–Crippen LogP) is 0.492. The molecule has 0 aliphatic carbocycles. The fourth-order valence-corrected chi connectivity index (χ4v) is 2.11. The normalized spacial score (nSPS) is 17.3. The SMILES string of the molecule is CCN(CC(=O)OC)C(C)C(=O)N1CCCC1. The molecule has 98 valence electrons. The van der Waals surface area contributed by atoms with Crippen molar-refractivity contribution < 1.29 is 14.3 Å². The Labute approximate surface area is 103 Å². The molecule has 0 bridgehead atoms. The molecule has 1 atom stereocenters. The number of nitrogens with zero attached hydrogens (tertiary/aromatic N) is 2. The van der Waals surface area contributed by atoms with Crippen LogP contribution in [-0.2, 0) is 14.3 Å². The van der Waals surface area contributed by atoms with Crippen LogP contribution in [0.2, 0.25) is 0 Å². The zero-order valence-corrected chi connectivity index (χ0v) is 10.9. The largest absolute Gasteiger partial charge is 0.468 e. The molecule has 1 saturated heterocycles. The minimum atomic E-state index is -0.298. The minimum absolute atomic E-state index is 0.119. The number of rotatable bonds is 5. The summed E-state index contributed by atoms with van der Waals surface area (Å²) in [7, 11) is 1.36. The second-order valence-corrected chi connectivity index (χ2v) is 4.35. The first-order chi connectivity index (χ1) is 8.10. The van der Waals surface area contributed by atoms with Crippen molar-refractivity contribution in [3.63, 3.8) is 0 Å². The van der Waals surface area contributed by atoms with Gasteiger partial charge < -0.3 is 9.64 Å². The van der Waals surface area contributed by atoms with E-state index in [4.69, 9.17) is 0 Å². The third-order valence-corrected chi connectivity index (χ3v) is 3.29. The summed E-state index contributed by atoms with van der Waals surface area (Å²) in [5, 5.41) is 0. The predicted molar refractivity (Wildman–Crippen MR) is 64.5 cm³/mol. The molecule has 1 fully saturated rings. The molecule has 1 aliphatic rings. The second-order valence-electron chi connectivity index (χ2n) is 4.35. The van der Waals surface area contributed by atoms with E-state index in [-0.39, 0.29) is 24.5 Å². The molecule has 5 heteroatoms. The Bertz CT molecular complexity index is 275. The molecule has 1 amide bonds. The maximum atomic E-state index is 12.1. The number of likely N-dealkylation sites (N-methyl/N-ethyl adjacent to an activating group) is 1. The standard InChI is InChI=1S/C12H22N2O3/c1-4-13(9-11(15)17-3)10(2)12(16)14-7-5-6-8-14/h10H,4-9H2,1-3H3. The van der Waals surface area contributed by atoms with Crippen molar-refractivity contribution >= 4 is 11.9 Å².